The maximum absolute atomic E-state index is 11.6. The van der Waals surface area contributed by atoms with E-state index >= 15 is 0 Å². The molecule has 2 saturated heterocycles. The van der Waals surface area contributed by atoms with E-state index in [0.717, 1.165) is 31.1 Å². The number of nitrogens with one attached hydrogen (secondary N) is 1. The van der Waals surface area contributed by atoms with Crippen LogP contribution in [0, 0.1) is 5.92 Å². The van der Waals surface area contributed by atoms with Gasteiger partial charge < -0.3 is 10.2 Å². The van der Waals surface area contributed by atoms with E-state index in [1.54, 1.807) is 11.0 Å². The number of carbonyl (C=O) groups is 1. The molecule has 1 amide bonds. The zero-order valence-corrected chi connectivity index (χ0v) is 15.0. The van der Waals surface area contributed by atoms with Crippen LogP contribution in [0.25, 0.3) is 17.3 Å². The summed E-state index contributed by atoms with van der Waals surface area (Å²) in [6, 6.07) is 10.0. The first-order valence-corrected chi connectivity index (χ1v) is 9.10. The maximum Gasteiger partial charge on any atom is 0.227 e. The summed E-state index contributed by atoms with van der Waals surface area (Å²) in [6.45, 7) is 1.64. The molecular formula is C18H20N8O. The molecule has 1 aromatic carbocycles. The van der Waals surface area contributed by atoms with Crippen LogP contribution < -0.4 is 10.2 Å². The number of fused-ring (bicyclic) bond motifs is 1. The van der Waals surface area contributed by atoms with Crippen LogP contribution >= 0.6 is 0 Å². The number of rotatable bonds is 3. The van der Waals surface area contributed by atoms with Gasteiger partial charge >= 0.3 is 0 Å². The highest BCUT2D eigenvalue weighted by Gasteiger charge is 2.38. The monoisotopic (exact) mass is 364 g/mol. The second kappa shape index (κ2) is 6.19. The molecule has 2 aromatic heterocycles. The number of anilines is 1. The molecular weight excluding hydrogens is 344 g/mol. The number of piperidine rings is 1. The zero-order valence-electron chi connectivity index (χ0n) is 15.0. The maximum atomic E-state index is 11.6. The van der Waals surface area contributed by atoms with Crippen molar-refractivity contribution in [2.75, 3.05) is 18.0 Å². The molecule has 2 atom stereocenters. The number of benzene rings is 1. The third-order valence-corrected chi connectivity index (χ3v) is 5.38. The van der Waals surface area contributed by atoms with E-state index in [4.69, 9.17) is 0 Å². The lowest BCUT2D eigenvalue weighted by atomic mass is 9.94. The minimum atomic E-state index is 0.146. The van der Waals surface area contributed by atoms with Gasteiger partial charge in [-0.2, -0.15) is 0 Å². The van der Waals surface area contributed by atoms with Crippen LogP contribution in [0.4, 0.5) is 5.95 Å². The first-order chi connectivity index (χ1) is 13.2. The van der Waals surface area contributed by atoms with Crippen molar-refractivity contribution in [1.82, 2.24) is 34.8 Å². The predicted molar refractivity (Wildman–Crippen MR) is 98.2 cm³/mol. The standard InChI is InChI=1S/C18H20N8O/c1-24-17(16-19-11-26(23-16)13-5-3-2-4-6-13)21-22-18(24)25-9-12-7-8-15(27)20-14(12)10-25/h2-6,11-12,14H,7-10H2,1H3,(H,20,27). The van der Waals surface area contributed by atoms with Crippen molar-refractivity contribution in [3.63, 3.8) is 0 Å². The fraction of sp³-hybridized carbons (Fsp3) is 0.389. The average molecular weight is 364 g/mol. The summed E-state index contributed by atoms with van der Waals surface area (Å²) >= 11 is 0. The Labute approximate surface area is 156 Å². The summed E-state index contributed by atoms with van der Waals surface area (Å²) in [5.41, 5.74) is 0.943. The Hall–Kier alpha value is -3.23. The molecule has 0 saturated carbocycles. The Morgan fingerprint density at radius 1 is 1.15 bits per heavy atom. The van der Waals surface area contributed by atoms with E-state index < -0.39 is 0 Å². The summed E-state index contributed by atoms with van der Waals surface area (Å²) in [4.78, 5) is 18.2. The van der Waals surface area contributed by atoms with Gasteiger partial charge in [0.1, 0.15) is 6.33 Å². The molecule has 9 heteroatoms. The molecule has 2 aliphatic heterocycles. The Kier molecular flexibility index (Phi) is 3.66. The van der Waals surface area contributed by atoms with Gasteiger partial charge in [0.2, 0.25) is 23.5 Å². The van der Waals surface area contributed by atoms with E-state index in [9.17, 15) is 4.79 Å². The van der Waals surface area contributed by atoms with E-state index in [0.29, 0.717) is 24.0 Å². The van der Waals surface area contributed by atoms with Crippen LogP contribution in [0.15, 0.2) is 36.7 Å². The SMILES string of the molecule is Cn1c(-c2ncn(-c3ccccc3)n2)nnc1N1CC2CCC(=O)NC2C1. The quantitative estimate of drug-likeness (QED) is 0.738. The molecule has 4 heterocycles. The van der Waals surface area contributed by atoms with Crippen LogP contribution in [0.1, 0.15) is 12.8 Å². The molecule has 2 fully saturated rings. The van der Waals surface area contributed by atoms with Crippen molar-refractivity contribution in [2.45, 2.75) is 18.9 Å². The second-order valence-corrected chi connectivity index (χ2v) is 7.11. The van der Waals surface area contributed by atoms with Gasteiger partial charge in [0.05, 0.1) is 11.7 Å². The third kappa shape index (κ3) is 2.75. The number of amides is 1. The fourth-order valence-electron chi connectivity index (χ4n) is 3.95. The number of nitrogens with zero attached hydrogens (tertiary/aromatic N) is 7. The highest BCUT2D eigenvalue weighted by molar-refractivity contribution is 5.77. The molecule has 138 valence electrons. The first-order valence-electron chi connectivity index (χ1n) is 9.10. The smallest absolute Gasteiger partial charge is 0.227 e. The van der Waals surface area contributed by atoms with Crippen LogP contribution in [0.2, 0.25) is 0 Å². The molecule has 2 aliphatic rings. The second-order valence-electron chi connectivity index (χ2n) is 7.11. The molecule has 9 nitrogen and oxygen atoms in total. The van der Waals surface area contributed by atoms with Crippen molar-refractivity contribution < 1.29 is 4.79 Å². The molecule has 1 N–H and O–H groups in total. The molecule has 0 spiro atoms. The summed E-state index contributed by atoms with van der Waals surface area (Å²) in [5.74, 6) is 2.55. The van der Waals surface area contributed by atoms with E-state index in [2.05, 4.69) is 30.5 Å². The van der Waals surface area contributed by atoms with Crippen molar-refractivity contribution in [3.8, 4) is 17.3 Å². The number of aromatic nitrogens is 6. The minimum Gasteiger partial charge on any atom is -0.351 e. The van der Waals surface area contributed by atoms with Gasteiger partial charge in [-0.25, -0.2) is 9.67 Å². The van der Waals surface area contributed by atoms with E-state index in [1.165, 1.54) is 0 Å². The summed E-state index contributed by atoms with van der Waals surface area (Å²) in [7, 11) is 1.93. The highest BCUT2D eigenvalue weighted by atomic mass is 16.1. The Morgan fingerprint density at radius 3 is 2.85 bits per heavy atom. The number of hydrogen-bond donors (Lipinski definition) is 1. The first kappa shape index (κ1) is 16.0. The summed E-state index contributed by atoms with van der Waals surface area (Å²) in [6.07, 6.45) is 3.22. The Bertz CT molecular complexity index is 978. The molecule has 2 unspecified atom stereocenters. The van der Waals surface area contributed by atoms with Gasteiger partial charge in [-0.15, -0.1) is 15.3 Å². The topological polar surface area (TPSA) is 93.8 Å². The molecule has 27 heavy (non-hydrogen) atoms. The van der Waals surface area contributed by atoms with Crippen molar-refractivity contribution >= 4 is 11.9 Å². The Balaban J connectivity index is 1.40. The van der Waals surface area contributed by atoms with Crippen molar-refractivity contribution in [3.05, 3.63) is 36.7 Å². The minimum absolute atomic E-state index is 0.146. The van der Waals surface area contributed by atoms with Crippen LogP contribution in [-0.2, 0) is 11.8 Å². The van der Waals surface area contributed by atoms with Crippen molar-refractivity contribution in [1.29, 1.82) is 0 Å². The third-order valence-electron chi connectivity index (χ3n) is 5.38. The van der Waals surface area contributed by atoms with E-state index in [-0.39, 0.29) is 11.9 Å². The lowest BCUT2D eigenvalue weighted by Gasteiger charge is -2.24. The molecule has 3 aromatic rings. The van der Waals surface area contributed by atoms with Crippen LogP contribution in [-0.4, -0.2) is 54.6 Å². The number of carbonyl (C=O) groups excluding carboxylic acids is 1. The van der Waals surface area contributed by atoms with E-state index in [1.807, 2.05) is 41.9 Å². The fourth-order valence-corrected chi connectivity index (χ4v) is 3.95. The lowest BCUT2D eigenvalue weighted by molar-refractivity contribution is -0.123. The predicted octanol–water partition coefficient (Wildman–Crippen LogP) is 0.778. The van der Waals surface area contributed by atoms with Gasteiger partial charge in [-0.05, 0) is 24.5 Å². The van der Waals surface area contributed by atoms with Crippen molar-refractivity contribution in [2.24, 2.45) is 13.0 Å². The molecule has 0 bridgehead atoms. The van der Waals surface area contributed by atoms with Gasteiger partial charge in [-0.1, -0.05) is 18.2 Å². The Morgan fingerprint density at radius 2 is 2.00 bits per heavy atom. The van der Waals surface area contributed by atoms with Gasteiger partial charge in [-0.3, -0.25) is 9.36 Å². The molecule has 5 rings (SSSR count). The highest BCUT2D eigenvalue weighted by Crippen LogP contribution is 2.29. The van der Waals surface area contributed by atoms with Gasteiger partial charge in [0.25, 0.3) is 0 Å². The average Bonchev–Trinajstić information content (AvgIpc) is 3.39. The van der Waals surface area contributed by atoms with Crippen LogP contribution in [0.3, 0.4) is 0 Å². The normalized spacial score (nSPS) is 22.0. The largest absolute Gasteiger partial charge is 0.351 e. The van der Waals surface area contributed by atoms with Crippen LogP contribution in [0.5, 0.6) is 0 Å². The van der Waals surface area contributed by atoms with Gasteiger partial charge in [0.15, 0.2) is 0 Å². The van der Waals surface area contributed by atoms with Gasteiger partial charge in [0, 0.05) is 26.6 Å². The number of hydrogen-bond acceptors (Lipinski definition) is 6. The lowest BCUT2D eigenvalue weighted by Crippen LogP contribution is -2.44. The zero-order chi connectivity index (χ0) is 18.4. The summed E-state index contributed by atoms with van der Waals surface area (Å²) < 4.78 is 3.65. The molecule has 0 aliphatic carbocycles. The summed E-state index contributed by atoms with van der Waals surface area (Å²) in [5, 5.41) is 16.3. The molecule has 0 radical (unpaired) electrons. The number of para-hydroxylation sites is 1.